The lowest BCUT2D eigenvalue weighted by Crippen LogP contribution is -2.21. The first kappa shape index (κ1) is 23.2. The summed E-state index contributed by atoms with van der Waals surface area (Å²) in [7, 11) is 1.67. The molecule has 0 saturated heterocycles. The number of hydrogen-bond donors (Lipinski definition) is 0. The van der Waals surface area contributed by atoms with Crippen molar-refractivity contribution in [2.45, 2.75) is 19.4 Å². The molecule has 1 aliphatic heterocycles. The molecule has 2 heterocycles. The Bertz CT molecular complexity index is 1610. The van der Waals surface area contributed by atoms with E-state index in [1.807, 2.05) is 59.6 Å². The van der Waals surface area contributed by atoms with Gasteiger partial charge in [-0.1, -0.05) is 71.8 Å². The number of aryl methyl sites for hydroxylation is 1. The highest BCUT2D eigenvalue weighted by Crippen LogP contribution is 2.38. The van der Waals surface area contributed by atoms with Crippen LogP contribution in [0.5, 0.6) is 5.75 Å². The van der Waals surface area contributed by atoms with E-state index in [9.17, 15) is 0 Å². The number of para-hydroxylation sites is 1. The first-order valence-electron chi connectivity index (χ1n) is 12.2. The third-order valence-electron chi connectivity index (χ3n) is 6.67. The summed E-state index contributed by atoms with van der Waals surface area (Å²) in [6.07, 6.45) is 0.738. The number of methoxy groups -OCH3 is 1. The van der Waals surface area contributed by atoms with Crippen LogP contribution in [0.2, 0.25) is 5.02 Å². The summed E-state index contributed by atoms with van der Waals surface area (Å²) in [6.45, 7) is 2.11. The third-order valence-corrected chi connectivity index (χ3v) is 6.93. The van der Waals surface area contributed by atoms with Crippen molar-refractivity contribution in [3.8, 4) is 17.0 Å². The summed E-state index contributed by atoms with van der Waals surface area (Å²) in [4.78, 5) is 10.1. The predicted molar refractivity (Wildman–Crippen MR) is 151 cm³/mol. The van der Waals surface area contributed by atoms with Crippen molar-refractivity contribution in [2.24, 2.45) is 5.10 Å². The highest BCUT2D eigenvalue weighted by Gasteiger charge is 2.32. The van der Waals surface area contributed by atoms with E-state index in [4.69, 9.17) is 31.4 Å². The molecule has 5 aromatic rings. The van der Waals surface area contributed by atoms with Crippen LogP contribution in [-0.4, -0.2) is 22.8 Å². The van der Waals surface area contributed by atoms with Crippen molar-refractivity contribution in [1.82, 2.24) is 9.97 Å². The third kappa shape index (κ3) is 4.54. The molecule has 4 aromatic carbocycles. The van der Waals surface area contributed by atoms with Crippen LogP contribution in [0, 0.1) is 6.92 Å². The number of anilines is 1. The Morgan fingerprint density at radius 2 is 1.59 bits per heavy atom. The summed E-state index contributed by atoms with van der Waals surface area (Å²) in [6, 6.07) is 32.4. The molecule has 1 aliphatic rings. The van der Waals surface area contributed by atoms with Crippen molar-refractivity contribution >= 4 is 34.2 Å². The van der Waals surface area contributed by atoms with Crippen LogP contribution in [-0.2, 0) is 0 Å². The Kier molecular flexibility index (Phi) is 6.07. The molecule has 6 rings (SSSR count). The molecule has 0 saturated carbocycles. The minimum atomic E-state index is -0.0313. The number of benzene rings is 4. The largest absolute Gasteiger partial charge is 0.497 e. The van der Waals surface area contributed by atoms with Gasteiger partial charge in [-0.3, -0.25) is 0 Å². The van der Waals surface area contributed by atoms with Gasteiger partial charge in [0.15, 0.2) is 0 Å². The standard InChI is InChI=1S/C31H25ClN4O/c1-20-6-5-7-23(18-20)29-19-28(21-12-16-25(37-2)17-13-21)35-36(29)31-33-27-9-4-3-8-26(27)30(34-31)22-10-14-24(32)15-11-22/h3-18,29H,19H2,1-2H3/t29-/m1/s1. The minimum Gasteiger partial charge on any atom is -0.497 e. The fourth-order valence-corrected chi connectivity index (χ4v) is 4.91. The summed E-state index contributed by atoms with van der Waals surface area (Å²) in [5.74, 6) is 1.39. The molecule has 0 bridgehead atoms. The topological polar surface area (TPSA) is 50.6 Å². The molecule has 5 nitrogen and oxygen atoms in total. The van der Waals surface area contributed by atoms with Crippen LogP contribution >= 0.6 is 11.6 Å². The number of hydrogen-bond acceptors (Lipinski definition) is 5. The Morgan fingerprint density at radius 3 is 2.35 bits per heavy atom. The second-order valence-electron chi connectivity index (χ2n) is 9.15. The minimum absolute atomic E-state index is 0.0313. The van der Waals surface area contributed by atoms with E-state index in [0.717, 1.165) is 45.6 Å². The molecular weight excluding hydrogens is 480 g/mol. The number of halogens is 1. The molecular formula is C31H25ClN4O. The molecule has 0 aliphatic carbocycles. The Labute approximate surface area is 221 Å². The lowest BCUT2D eigenvalue weighted by molar-refractivity contribution is 0.415. The maximum absolute atomic E-state index is 6.18. The molecule has 182 valence electrons. The summed E-state index contributed by atoms with van der Waals surface area (Å²) >= 11 is 6.18. The van der Waals surface area contributed by atoms with E-state index in [-0.39, 0.29) is 6.04 Å². The van der Waals surface area contributed by atoms with Gasteiger partial charge in [0.05, 0.1) is 30.1 Å². The van der Waals surface area contributed by atoms with Gasteiger partial charge in [0.25, 0.3) is 0 Å². The van der Waals surface area contributed by atoms with E-state index < -0.39 is 0 Å². The smallest absolute Gasteiger partial charge is 0.247 e. The van der Waals surface area contributed by atoms with Gasteiger partial charge >= 0.3 is 0 Å². The fraction of sp³-hybridized carbons (Fsp3) is 0.129. The summed E-state index contributed by atoms with van der Waals surface area (Å²) in [5, 5.41) is 8.74. The van der Waals surface area contributed by atoms with E-state index in [2.05, 4.69) is 49.4 Å². The Morgan fingerprint density at radius 1 is 0.838 bits per heavy atom. The highest BCUT2D eigenvalue weighted by atomic mass is 35.5. The Hall–Kier alpha value is -4.22. The van der Waals surface area contributed by atoms with Crippen LogP contribution in [0.1, 0.15) is 29.2 Å². The van der Waals surface area contributed by atoms with Gasteiger partial charge in [0.1, 0.15) is 5.75 Å². The maximum Gasteiger partial charge on any atom is 0.247 e. The van der Waals surface area contributed by atoms with Gasteiger partial charge in [-0.05, 0) is 60.5 Å². The van der Waals surface area contributed by atoms with Crippen LogP contribution in [0.15, 0.2) is 102 Å². The number of nitrogens with zero attached hydrogens (tertiary/aromatic N) is 4. The van der Waals surface area contributed by atoms with Crippen molar-refractivity contribution in [3.63, 3.8) is 0 Å². The van der Waals surface area contributed by atoms with Crippen LogP contribution in [0.4, 0.5) is 5.95 Å². The molecule has 0 amide bonds. The summed E-state index contributed by atoms with van der Waals surface area (Å²) in [5.41, 5.74) is 7.13. The number of aromatic nitrogens is 2. The van der Waals surface area contributed by atoms with E-state index >= 15 is 0 Å². The average Bonchev–Trinajstić information content (AvgIpc) is 3.39. The highest BCUT2D eigenvalue weighted by molar-refractivity contribution is 6.30. The predicted octanol–water partition coefficient (Wildman–Crippen LogP) is 7.62. The second kappa shape index (κ2) is 9.68. The van der Waals surface area contributed by atoms with Crippen molar-refractivity contribution < 1.29 is 4.74 Å². The SMILES string of the molecule is COc1ccc(C2=NN(c3nc(-c4ccc(Cl)cc4)c4ccccc4n3)[C@@H](c3cccc(C)c3)C2)cc1. The zero-order valence-electron chi connectivity index (χ0n) is 20.6. The molecule has 0 unspecified atom stereocenters. The molecule has 6 heteroatoms. The Balaban J connectivity index is 1.51. The number of rotatable bonds is 5. The van der Waals surface area contributed by atoms with Gasteiger partial charge in [-0.15, -0.1) is 0 Å². The molecule has 1 aromatic heterocycles. The number of fused-ring (bicyclic) bond motifs is 1. The first-order chi connectivity index (χ1) is 18.1. The molecule has 0 radical (unpaired) electrons. The van der Waals surface area contributed by atoms with Crippen LogP contribution < -0.4 is 9.75 Å². The monoisotopic (exact) mass is 504 g/mol. The van der Waals surface area contributed by atoms with Gasteiger partial charge < -0.3 is 4.74 Å². The molecule has 37 heavy (non-hydrogen) atoms. The first-order valence-corrected chi connectivity index (χ1v) is 12.6. The molecule has 1 atom stereocenters. The summed E-state index contributed by atoms with van der Waals surface area (Å²) < 4.78 is 5.35. The zero-order chi connectivity index (χ0) is 25.4. The van der Waals surface area contributed by atoms with E-state index in [1.54, 1.807) is 7.11 Å². The second-order valence-corrected chi connectivity index (χ2v) is 9.59. The molecule has 0 N–H and O–H groups in total. The van der Waals surface area contributed by atoms with Gasteiger partial charge in [-0.25, -0.2) is 15.0 Å². The van der Waals surface area contributed by atoms with Crippen molar-refractivity contribution in [2.75, 3.05) is 12.1 Å². The number of hydrazone groups is 1. The quantitative estimate of drug-likeness (QED) is 0.247. The van der Waals surface area contributed by atoms with Crippen LogP contribution in [0.3, 0.4) is 0 Å². The van der Waals surface area contributed by atoms with Crippen molar-refractivity contribution in [1.29, 1.82) is 0 Å². The van der Waals surface area contributed by atoms with Crippen molar-refractivity contribution in [3.05, 3.63) is 119 Å². The maximum atomic E-state index is 6.18. The lowest BCUT2D eigenvalue weighted by atomic mass is 9.97. The normalized spacial score (nSPS) is 15.2. The van der Waals surface area contributed by atoms with Gasteiger partial charge in [0, 0.05) is 22.4 Å². The van der Waals surface area contributed by atoms with E-state index in [0.29, 0.717) is 11.0 Å². The van der Waals surface area contributed by atoms with Gasteiger partial charge in [0.2, 0.25) is 5.95 Å². The average molecular weight is 505 g/mol. The van der Waals surface area contributed by atoms with Gasteiger partial charge in [-0.2, -0.15) is 5.10 Å². The van der Waals surface area contributed by atoms with Crippen LogP contribution in [0.25, 0.3) is 22.2 Å². The lowest BCUT2D eigenvalue weighted by Gasteiger charge is -2.23. The number of ether oxygens (including phenoxy) is 1. The van der Waals surface area contributed by atoms with E-state index in [1.165, 1.54) is 11.1 Å². The molecule has 0 fully saturated rings. The molecule has 0 spiro atoms. The zero-order valence-corrected chi connectivity index (χ0v) is 21.4. The fourth-order valence-electron chi connectivity index (χ4n) is 4.78.